The molecule has 0 bridgehead atoms. The highest BCUT2D eigenvalue weighted by molar-refractivity contribution is 5.58. The fraction of sp³-hybridized carbons (Fsp3) is 0.333. The number of aryl methyl sites for hydroxylation is 2. The van der Waals surface area contributed by atoms with Gasteiger partial charge in [-0.15, -0.1) is 10.2 Å². The molecule has 1 aromatic carbocycles. The highest BCUT2D eigenvalue weighted by Crippen LogP contribution is 2.21. The normalized spacial score (nSPS) is 12.4. The molecule has 1 aromatic heterocycles. The summed E-state index contributed by atoms with van der Waals surface area (Å²) < 4.78 is 1.90. The highest BCUT2D eigenvalue weighted by atomic mass is 15.3. The summed E-state index contributed by atoms with van der Waals surface area (Å²) in [6.45, 7) is 4.03. The molecule has 1 atom stereocenters. The van der Waals surface area contributed by atoms with E-state index in [0.29, 0.717) is 0 Å². The molecule has 0 fully saturated rings. The van der Waals surface area contributed by atoms with Crippen LogP contribution in [-0.4, -0.2) is 14.8 Å². The summed E-state index contributed by atoms with van der Waals surface area (Å²) in [7, 11) is 1.93. The van der Waals surface area contributed by atoms with Gasteiger partial charge in [-0.1, -0.05) is 6.07 Å². The zero-order valence-corrected chi connectivity index (χ0v) is 10.3. The second-order valence-electron chi connectivity index (χ2n) is 4.24. The van der Waals surface area contributed by atoms with E-state index in [1.54, 1.807) is 6.33 Å². The lowest BCUT2D eigenvalue weighted by Gasteiger charge is -2.15. The van der Waals surface area contributed by atoms with E-state index in [0.717, 1.165) is 22.8 Å². The van der Waals surface area contributed by atoms with Gasteiger partial charge < -0.3 is 15.6 Å². The Labute approximate surface area is 101 Å². The van der Waals surface area contributed by atoms with Crippen LogP contribution in [0.1, 0.15) is 24.4 Å². The first-order valence-electron chi connectivity index (χ1n) is 5.54. The molecule has 5 heteroatoms. The van der Waals surface area contributed by atoms with Crippen molar-refractivity contribution in [1.82, 2.24) is 14.8 Å². The molecular formula is C12H17N5. The molecule has 17 heavy (non-hydrogen) atoms. The van der Waals surface area contributed by atoms with Crippen molar-refractivity contribution < 1.29 is 0 Å². The zero-order chi connectivity index (χ0) is 12.4. The standard InChI is InChI=1S/C12H17N5/c1-8-4-5-10(6-11(8)13)15-9(2)12-16-14-7-17(12)3/h4-7,9,15H,13H2,1-3H3. The maximum Gasteiger partial charge on any atom is 0.154 e. The van der Waals surface area contributed by atoms with Crippen LogP contribution >= 0.6 is 0 Å². The minimum absolute atomic E-state index is 0.0876. The van der Waals surface area contributed by atoms with Gasteiger partial charge in [0.05, 0.1) is 6.04 Å². The Morgan fingerprint density at radius 1 is 1.41 bits per heavy atom. The van der Waals surface area contributed by atoms with Crippen molar-refractivity contribution in [3.05, 3.63) is 35.9 Å². The number of hydrogen-bond acceptors (Lipinski definition) is 4. The van der Waals surface area contributed by atoms with E-state index in [1.807, 2.05) is 43.7 Å². The van der Waals surface area contributed by atoms with Crippen LogP contribution in [-0.2, 0) is 7.05 Å². The largest absolute Gasteiger partial charge is 0.398 e. The van der Waals surface area contributed by atoms with E-state index in [4.69, 9.17) is 5.73 Å². The molecule has 0 saturated heterocycles. The highest BCUT2D eigenvalue weighted by Gasteiger charge is 2.11. The molecule has 0 radical (unpaired) electrons. The lowest BCUT2D eigenvalue weighted by Crippen LogP contribution is -2.12. The van der Waals surface area contributed by atoms with Gasteiger partial charge in [-0.25, -0.2) is 0 Å². The van der Waals surface area contributed by atoms with Crippen molar-refractivity contribution in [1.29, 1.82) is 0 Å². The summed E-state index contributed by atoms with van der Waals surface area (Å²) in [5.74, 6) is 0.893. The minimum atomic E-state index is 0.0876. The third-order valence-corrected chi connectivity index (χ3v) is 2.80. The third-order valence-electron chi connectivity index (χ3n) is 2.80. The van der Waals surface area contributed by atoms with Crippen LogP contribution in [0.4, 0.5) is 11.4 Å². The lowest BCUT2D eigenvalue weighted by molar-refractivity contribution is 0.719. The number of nitrogen functional groups attached to an aromatic ring is 1. The van der Waals surface area contributed by atoms with Crippen molar-refractivity contribution in [2.75, 3.05) is 11.1 Å². The van der Waals surface area contributed by atoms with Gasteiger partial charge in [0.25, 0.3) is 0 Å². The fourth-order valence-corrected chi connectivity index (χ4v) is 1.73. The number of hydrogen-bond donors (Lipinski definition) is 2. The maximum absolute atomic E-state index is 5.87. The average molecular weight is 231 g/mol. The van der Waals surface area contributed by atoms with Gasteiger partial charge in [-0.3, -0.25) is 0 Å². The number of rotatable bonds is 3. The molecule has 3 N–H and O–H groups in total. The SMILES string of the molecule is Cc1ccc(NC(C)c2nncn2C)cc1N. The van der Waals surface area contributed by atoms with Gasteiger partial charge in [0.1, 0.15) is 6.33 Å². The van der Waals surface area contributed by atoms with Crippen LogP contribution in [0.25, 0.3) is 0 Å². The van der Waals surface area contributed by atoms with Crippen LogP contribution in [0.3, 0.4) is 0 Å². The molecular weight excluding hydrogens is 214 g/mol. The first-order chi connectivity index (χ1) is 8.08. The molecule has 0 amide bonds. The number of nitrogens with one attached hydrogen (secondary N) is 1. The molecule has 90 valence electrons. The van der Waals surface area contributed by atoms with E-state index in [1.165, 1.54) is 0 Å². The molecule has 0 aliphatic carbocycles. The Morgan fingerprint density at radius 3 is 2.76 bits per heavy atom. The number of anilines is 2. The van der Waals surface area contributed by atoms with E-state index in [2.05, 4.69) is 15.5 Å². The van der Waals surface area contributed by atoms with Crippen molar-refractivity contribution >= 4 is 11.4 Å². The smallest absolute Gasteiger partial charge is 0.154 e. The molecule has 5 nitrogen and oxygen atoms in total. The number of nitrogens with zero attached hydrogens (tertiary/aromatic N) is 3. The second kappa shape index (κ2) is 4.45. The summed E-state index contributed by atoms with van der Waals surface area (Å²) in [5, 5.41) is 11.3. The molecule has 0 aliphatic heterocycles. The maximum atomic E-state index is 5.87. The van der Waals surface area contributed by atoms with Gasteiger partial charge in [0.2, 0.25) is 0 Å². The number of nitrogens with two attached hydrogens (primary N) is 1. The molecule has 2 rings (SSSR count). The molecule has 1 unspecified atom stereocenters. The summed E-state index contributed by atoms with van der Waals surface area (Å²) in [6, 6.07) is 6.03. The summed E-state index contributed by atoms with van der Waals surface area (Å²) in [5.41, 5.74) is 8.74. The van der Waals surface area contributed by atoms with Crippen LogP contribution in [0, 0.1) is 6.92 Å². The summed E-state index contributed by atoms with van der Waals surface area (Å²) in [4.78, 5) is 0. The van der Waals surface area contributed by atoms with Gasteiger partial charge in [0, 0.05) is 18.4 Å². The molecule has 0 aliphatic rings. The summed E-state index contributed by atoms with van der Waals surface area (Å²) in [6.07, 6.45) is 1.69. The van der Waals surface area contributed by atoms with Crippen molar-refractivity contribution in [3.8, 4) is 0 Å². The molecule has 1 heterocycles. The van der Waals surface area contributed by atoms with Gasteiger partial charge >= 0.3 is 0 Å². The van der Waals surface area contributed by atoms with Crippen molar-refractivity contribution in [2.24, 2.45) is 7.05 Å². The van der Waals surface area contributed by atoms with E-state index < -0.39 is 0 Å². The number of aromatic nitrogens is 3. The average Bonchev–Trinajstić information content (AvgIpc) is 2.70. The third kappa shape index (κ3) is 2.38. The Hall–Kier alpha value is -2.04. The lowest BCUT2D eigenvalue weighted by atomic mass is 10.1. The first-order valence-corrected chi connectivity index (χ1v) is 5.54. The van der Waals surface area contributed by atoms with Crippen LogP contribution in [0.15, 0.2) is 24.5 Å². The van der Waals surface area contributed by atoms with E-state index in [-0.39, 0.29) is 6.04 Å². The topological polar surface area (TPSA) is 68.8 Å². The fourth-order valence-electron chi connectivity index (χ4n) is 1.73. The first kappa shape index (κ1) is 11.4. The Morgan fingerprint density at radius 2 is 2.18 bits per heavy atom. The quantitative estimate of drug-likeness (QED) is 0.791. The Bertz CT molecular complexity index is 517. The van der Waals surface area contributed by atoms with Crippen LogP contribution in [0.5, 0.6) is 0 Å². The van der Waals surface area contributed by atoms with Crippen molar-refractivity contribution in [2.45, 2.75) is 19.9 Å². The van der Waals surface area contributed by atoms with E-state index in [9.17, 15) is 0 Å². The van der Waals surface area contributed by atoms with Crippen LogP contribution < -0.4 is 11.1 Å². The van der Waals surface area contributed by atoms with Gasteiger partial charge in [-0.05, 0) is 31.5 Å². The Balaban J connectivity index is 2.16. The predicted molar refractivity (Wildman–Crippen MR) is 68.6 cm³/mol. The molecule has 0 spiro atoms. The molecule has 2 aromatic rings. The van der Waals surface area contributed by atoms with Gasteiger partial charge in [-0.2, -0.15) is 0 Å². The van der Waals surface area contributed by atoms with Crippen LogP contribution in [0.2, 0.25) is 0 Å². The Kier molecular flexibility index (Phi) is 2.99. The van der Waals surface area contributed by atoms with Gasteiger partial charge in [0.15, 0.2) is 5.82 Å². The number of benzene rings is 1. The second-order valence-corrected chi connectivity index (χ2v) is 4.24. The zero-order valence-electron chi connectivity index (χ0n) is 10.3. The summed E-state index contributed by atoms with van der Waals surface area (Å²) >= 11 is 0. The molecule has 0 saturated carbocycles. The monoisotopic (exact) mass is 231 g/mol. The van der Waals surface area contributed by atoms with E-state index >= 15 is 0 Å². The van der Waals surface area contributed by atoms with Crippen molar-refractivity contribution in [3.63, 3.8) is 0 Å². The minimum Gasteiger partial charge on any atom is -0.398 e. The predicted octanol–water partition coefficient (Wildman–Crippen LogP) is 1.88.